The first-order valence-corrected chi connectivity index (χ1v) is 11.8. The van der Waals surface area contributed by atoms with Gasteiger partial charge in [0, 0.05) is 27.4 Å². The fraction of sp³-hybridized carbons (Fsp3) is 0.500. The lowest BCUT2D eigenvalue weighted by Gasteiger charge is -2.29. The third-order valence-corrected chi connectivity index (χ3v) is 7.62. The maximum Gasteiger partial charge on any atom is 0.503 e. The lowest BCUT2D eigenvalue weighted by atomic mass is 9.77. The predicted molar refractivity (Wildman–Crippen MR) is 122 cm³/mol. The quantitative estimate of drug-likeness (QED) is 0.485. The van der Waals surface area contributed by atoms with Gasteiger partial charge in [-0.25, -0.2) is 9.78 Å². The molecule has 8 heteroatoms. The van der Waals surface area contributed by atoms with Crippen molar-refractivity contribution in [2.24, 2.45) is 11.3 Å². The van der Waals surface area contributed by atoms with Gasteiger partial charge in [0.1, 0.15) is 10.0 Å². The van der Waals surface area contributed by atoms with Gasteiger partial charge in [-0.15, -0.1) is 22.7 Å². The smallest absolute Gasteiger partial charge is 0.450 e. The van der Waals surface area contributed by atoms with E-state index in [1.165, 1.54) is 22.4 Å². The van der Waals surface area contributed by atoms with Gasteiger partial charge < -0.3 is 15.5 Å². The molecule has 1 unspecified atom stereocenters. The number of carbonyl (C=O) groups is 2. The summed E-state index contributed by atoms with van der Waals surface area (Å²) >= 11 is 3.47. The Balaban J connectivity index is 0.000000589. The number of nitrogens with one attached hydrogen (secondary N) is 1. The van der Waals surface area contributed by atoms with Crippen molar-refractivity contribution >= 4 is 39.7 Å². The number of thiophene rings is 1. The van der Waals surface area contributed by atoms with Gasteiger partial charge in [-0.05, 0) is 56.4 Å². The van der Waals surface area contributed by atoms with Crippen LogP contribution in [0.4, 0.5) is 9.80 Å². The Morgan fingerprint density at radius 1 is 1.27 bits per heavy atom. The Kier molecular flexibility index (Phi) is 6.98. The number of aryl methyl sites for hydroxylation is 1. The Morgan fingerprint density at radius 3 is 2.60 bits per heavy atom. The highest BCUT2D eigenvalue weighted by atomic mass is 32.1. The largest absolute Gasteiger partial charge is 0.503 e. The molecule has 2 aliphatic carbocycles. The van der Waals surface area contributed by atoms with Gasteiger partial charge in [0.05, 0.1) is 0 Å². The number of amides is 1. The minimum atomic E-state index is -1.83. The molecule has 0 saturated carbocycles. The van der Waals surface area contributed by atoms with Crippen molar-refractivity contribution in [2.45, 2.75) is 59.3 Å². The van der Waals surface area contributed by atoms with Crippen LogP contribution in [0.2, 0.25) is 0 Å². The average Bonchev–Trinajstić information content (AvgIpc) is 3.23. The number of fused-ring (bicyclic) bond motifs is 1. The molecule has 0 radical (unpaired) electrons. The van der Waals surface area contributed by atoms with Gasteiger partial charge in [0.15, 0.2) is 0 Å². The summed E-state index contributed by atoms with van der Waals surface area (Å²) in [6.07, 6.45) is 8.66. The molecule has 0 fully saturated rings. The molecule has 0 saturated heterocycles. The van der Waals surface area contributed by atoms with Gasteiger partial charge in [-0.1, -0.05) is 26.0 Å². The normalized spacial score (nSPS) is 19.4. The summed E-state index contributed by atoms with van der Waals surface area (Å²) in [7, 11) is 0. The zero-order valence-corrected chi connectivity index (χ0v) is 19.2. The van der Waals surface area contributed by atoms with Gasteiger partial charge in [0.25, 0.3) is 0 Å². The summed E-state index contributed by atoms with van der Waals surface area (Å²) in [6, 6.07) is 0. The molecule has 30 heavy (non-hydrogen) atoms. The van der Waals surface area contributed by atoms with Crippen LogP contribution in [-0.4, -0.2) is 27.3 Å². The Morgan fingerprint density at radius 2 is 2.00 bits per heavy atom. The summed E-state index contributed by atoms with van der Waals surface area (Å²) in [6.45, 7) is 6.72. The van der Waals surface area contributed by atoms with Gasteiger partial charge in [-0.2, -0.15) is 0 Å². The number of hydrogen-bond donors (Lipinski definition) is 3. The highest BCUT2D eigenvalue weighted by Gasteiger charge is 2.32. The Labute approximate surface area is 184 Å². The lowest BCUT2D eigenvalue weighted by Crippen LogP contribution is -2.23. The second-order valence-electron chi connectivity index (χ2n) is 8.60. The van der Waals surface area contributed by atoms with E-state index in [4.69, 9.17) is 20.0 Å². The van der Waals surface area contributed by atoms with E-state index in [1.54, 1.807) is 22.7 Å². The number of nitrogens with zero attached hydrogens (tertiary/aromatic N) is 1. The first kappa shape index (κ1) is 22.5. The molecular weight excluding hydrogens is 420 g/mol. The maximum atomic E-state index is 12.8. The monoisotopic (exact) mass is 448 g/mol. The van der Waals surface area contributed by atoms with E-state index in [9.17, 15) is 4.79 Å². The molecule has 1 amide bonds. The van der Waals surface area contributed by atoms with Crippen LogP contribution in [0.25, 0.3) is 10.6 Å². The molecule has 0 spiro atoms. The molecule has 0 aliphatic heterocycles. The Bertz CT molecular complexity index is 954. The zero-order chi connectivity index (χ0) is 21.9. The molecule has 3 N–H and O–H groups in total. The van der Waals surface area contributed by atoms with Crippen molar-refractivity contribution in [3.8, 4) is 10.6 Å². The van der Waals surface area contributed by atoms with E-state index in [0.29, 0.717) is 5.41 Å². The number of carbonyl (C=O) groups excluding carboxylic acids is 1. The first-order valence-electron chi connectivity index (χ1n) is 10.1. The zero-order valence-electron chi connectivity index (χ0n) is 17.5. The number of carboxylic acid groups (broad SMARTS) is 2. The van der Waals surface area contributed by atoms with E-state index in [2.05, 4.69) is 36.7 Å². The van der Waals surface area contributed by atoms with Crippen molar-refractivity contribution < 1.29 is 19.8 Å². The van der Waals surface area contributed by atoms with Gasteiger partial charge in [0.2, 0.25) is 5.91 Å². The van der Waals surface area contributed by atoms with Crippen LogP contribution in [0.1, 0.15) is 55.7 Å². The summed E-state index contributed by atoms with van der Waals surface area (Å²) in [4.78, 5) is 27.6. The number of anilines is 1. The van der Waals surface area contributed by atoms with Crippen LogP contribution in [0.15, 0.2) is 17.5 Å². The highest BCUT2D eigenvalue weighted by molar-refractivity contribution is 7.18. The third-order valence-electron chi connectivity index (χ3n) is 5.49. The summed E-state index contributed by atoms with van der Waals surface area (Å²) in [5.41, 5.74) is 4.00. The third kappa shape index (κ3) is 5.49. The summed E-state index contributed by atoms with van der Waals surface area (Å²) in [5.74, 6) is 0.267. The molecule has 2 aliphatic rings. The van der Waals surface area contributed by atoms with Crippen molar-refractivity contribution in [2.75, 3.05) is 5.32 Å². The van der Waals surface area contributed by atoms with Gasteiger partial charge in [-0.3, -0.25) is 4.79 Å². The average molecular weight is 449 g/mol. The number of thiazole rings is 1. The van der Waals surface area contributed by atoms with Crippen molar-refractivity contribution in [1.29, 1.82) is 0 Å². The molecule has 2 aromatic rings. The van der Waals surface area contributed by atoms with Crippen LogP contribution in [0.3, 0.4) is 0 Å². The second kappa shape index (κ2) is 9.31. The van der Waals surface area contributed by atoms with E-state index < -0.39 is 6.16 Å². The second-order valence-corrected chi connectivity index (χ2v) is 10.6. The molecule has 2 heterocycles. The minimum Gasteiger partial charge on any atom is -0.450 e. The summed E-state index contributed by atoms with van der Waals surface area (Å²) in [5, 5.41) is 21.4. The van der Waals surface area contributed by atoms with E-state index in [0.717, 1.165) is 47.8 Å². The van der Waals surface area contributed by atoms with Crippen LogP contribution < -0.4 is 5.32 Å². The van der Waals surface area contributed by atoms with Crippen LogP contribution in [0.5, 0.6) is 0 Å². The molecule has 4 rings (SSSR count). The molecule has 162 valence electrons. The van der Waals surface area contributed by atoms with Crippen molar-refractivity contribution in [3.63, 3.8) is 0 Å². The number of rotatable bonds is 3. The number of aromatic nitrogens is 1. The van der Waals surface area contributed by atoms with E-state index in [-0.39, 0.29) is 11.8 Å². The highest BCUT2D eigenvalue weighted by Crippen LogP contribution is 2.48. The topological polar surface area (TPSA) is 99.5 Å². The minimum absolute atomic E-state index is 0.0986. The molecule has 1 atom stereocenters. The fourth-order valence-electron chi connectivity index (χ4n) is 3.93. The van der Waals surface area contributed by atoms with E-state index in [1.807, 2.05) is 6.92 Å². The number of hydrogen-bond acceptors (Lipinski definition) is 5. The van der Waals surface area contributed by atoms with Crippen molar-refractivity contribution in [3.05, 3.63) is 33.7 Å². The van der Waals surface area contributed by atoms with Crippen LogP contribution >= 0.6 is 22.7 Å². The molecule has 2 aromatic heterocycles. The lowest BCUT2D eigenvalue weighted by molar-refractivity contribution is -0.120. The van der Waals surface area contributed by atoms with Gasteiger partial charge >= 0.3 is 6.16 Å². The van der Waals surface area contributed by atoms with Crippen molar-refractivity contribution in [1.82, 2.24) is 4.98 Å². The number of allylic oxidation sites excluding steroid dienone is 2. The first-order chi connectivity index (χ1) is 14.2. The molecule has 6 nitrogen and oxygen atoms in total. The molecular formula is C22H28N2O4S2. The standard InChI is InChI=1S/C21H26N2OS2.CH2O3/c1-13-12-25-19(22-13)17-15-9-10-21(2,3)11-16(15)26-20(17)23-18(24)14-7-5-4-6-8-14;2-1(3)4/h4-5,12,14H,6-11H2,1-3H3,(H,23,24);(H2,2,3,4). The Hall–Kier alpha value is -2.19. The maximum absolute atomic E-state index is 12.8. The fourth-order valence-corrected chi connectivity index (χ4v) is 6.38. The predicted octanol–water partition coefficient (Wildman–Crippen LogP) is 6.21. The van der Waals surface area contributed by atoms with Crippen LogP contribution in [-0.2, 0) is 17.6 Å². The van der Waals surface area contributed by atoms with E-state index >= 15 is 0 Å². The molecule has 0 bridgehead atoms. The van der Waals surface area contributed by atoms with Crippen LogP contribution in [0, 0.1) is 18.3 Å². The molecule has 0 aromatic carbocycles. The summed E-state index contributed by atoms with van der Waals surface area (Å²) < 4.78 is 0. The SMILES string of the molecule is Cc1csc(-c2c(NC(=O)C3CC=CCC3)sc3c2CCC(C)(C)C3)n1.O=C(O)O.